The van der Waals surface area contributed by atoms with Crippen LogP contribution in [0.1, 0.15) is 23.6 Å². The van der Waals surface area contributed by atoms with E-state index in [0.29, 0.717) is 29.8 Å². The van der Waals surface area contributed by atoms with Crippen LogP contribution in [-0.2, 0) is 19.6 Å². The second kappa shape index (κ2) is 11.6. The zero-order chi connectivity index (χ0) is 21.3. The summed E-state index contributed by atoms with van der Waals surface area (Å²) >= 11 is 15.8. The summed E-state index contributed by atoms with van der Waals surface area (Å²) in [7, 11) is 0. The van der Waals surface area contributed by atoms with Crippen LogP contribution >= 0.6 is 39.1 Å². The maximum atomic E-state index is 6.24. The largest absolute Gasteiger partial charge is 0.490 e. The number of rotatable bonds is 10. The first-order valence-electron chi connectivity index (χ1n) is 9.83. The van der Waals surface area contributed by atoms with Crippen LogP contribution in [0.15, 0.2) is 65.1 Å². The van der Waals surface area contributed by atoms with Crippen molar-refractivity contribution in [1.29, 1.82) is 0 Å². The Bertz CT molecular complexity index is 967. The molecule has 0 spiro atoms. The highest BCUT2D eigenvalue weighted by atomic mass is 79.9. The molecule has 0 aliphatic rings. The number of hydrogen-bond acceptors (Lipinski definition) is 3. The van der Waals surface area contributed by atoms with E-state index in [0.717, 1.165) is 45.6 Å². The monoisotopic (exact) mass is 507 g/mol. The molecule has 0 saturated heterocycles. The fourth-order valence-corrected chi connectivity index (χ4v) is 4.14. The molecule has 0 aliphatic heterocycles. The highest BCUT2D eigenvalue weighted by Gasteiger charge is 2.13. The summed E-state index contributed by atoms with van der Waals surface area (Å²) < 4.78 is 12.8. The maximum absolute atomic E-state index is 6.24. The molecule has 3 aromatic rings. The SMILES string of the molecule is CCOc1cc(CNCCc2ccc(Cl)cc2Cl)cc(Br)c1OCc1ccccc1. The second-order valence-electron chi connectivity index (χ2n) is 6.77. The third-order valence-corrected chi connectivity index (χ3v) is 5.69. The topological polar surface area (TPSA) is 30.5 Å². The summed E-state index contributed by atoms with van der Waals surface area (Å²) in [6.45, 7) is 4.53. The van der Waals surface area contributed by atoms with Crippen molar-refractivity contribution in [3.05, 3.63) is 91.9 Å². The Labute approximate surface area is 196 Å². The molecule has 0 amide bonds. The zero-order valence-electron chi connectivity index (χ0n) is 16.8. The smallest absolute Gasteiger partial charge is 0.175 e. The minimum Gasteiger partial charge on any atom is -0.490 e. The summed E-state index contributed by atoms with van der Waals surface area (Å²) in [5, 5.41) is 4.81. The van der Waals surface area contributed by atoms with E-state index in [2.05, 4.69) is 27.3 Å². The summed E-state index contributed by atoms with van der Waals surface area (Å²) in [4.78, 5) is 0. The first kappa shape index (κ1) is 23.0. The fraction of sp³-hybridized carbons (Fsp3) is 0.250. The van der Waals surface area contributed by atoms with E-state index in [9.17, 15) is 0 Å². The second-order valence-corrected chi connectivity index (χ2v) is 8.47. The van der Waals surface area contributed by atoms with E-state index in [4.69, 9.17) is 32.7 Å². The highest BCUT2D eigenvalue weighted by Crippen LogP contribution is 2.37. The Morgan fingerprint density at radius 2 is 1.73 bits per heavy atom. The lowest BCUT2D eigenvalue weighted by Crippen LogP contribution is -2.17. The number of hydrogen-bond donors (Lipinski definition) is 1. The van der Waals surface area contributed by atoms with Crippen molar-refractivity contribution in [2.24, 2.45) is 0 Å². The zero-order valence-corrected chi connectivity index (χ0v) is 19.9. The van der Waals surface area contributed by atoms with Crippen molar-refractivity contribution in [2.75, 3.05) is 13.2 Å². The average molecular weight is 509 g/mol. The van der Waals surface area contributed by atoms with Crippen molar-refractivity contribution < 1.29 is 9.47 Å². The van der Waals surface area contributed by atoms with Gasteiger partial charge in [0.1, 0.15) is 6.61 Å². The molecule has 0 aromatic heterocycles. The van der Waals surface area contributed by atoms with Gasteiger partial charge >= 0.3 is 0 Å². The van der Waals surface area contributed by atoms with E-state index >= 15 is 0 Å². The molecule has 0 bridgehead atoms. The molecule has 158 valence electrons. The van der Waals surface area contributed by atoms with Crippen LogP contribution < -0.4 is 14.8 Å². The van der Waals surface area contributed by atoms with Crippen LogP contribution in [0.2, 0.25) is 10.0 Å². The third kappa shape index (κ3) is 6.64. The number of nitrogens with one attached hydrogen (secondary N) is 1. The van der Waals surface area contributed by atoms with Crippen LogP contribution in [0.4, 0.5) is 0 Å². The Hall–Kier alpha value is -1.72. The van der Waals surface area contributed by atoms with Gasteiger partial charge in [-0.2, -0.15) is 0 Å². The molecule has 0 radical (unpaired) electrons. The van der Waals surface area contributed by atoms with Crippen molar-refractivity contribution in [3.63, 3.8) is 0 Å². The molecule has 0 saturated carbocycles. The van der Waals surface area contributed by atoms with Gasteiger partial charge < -0.3 is 14.8 Å². The minimum absolute atomic E-state index is 0.485. The van der Waals surface area contributed by atoms with Gasteiger partial charge in [0.25, 0.3) is 0 Å². The average Bonchev–Trinajstić information content (AvgIpc) is 2.73. The minimum atomic E-state index is 0.485. The standard InChI is InChI=1S/C24H24BrCl2NO2/c1-2-29-23-13-18(15-28-11-10-19-8-9-20(26)14-22(19)27)12-21(25)24(23)30-16-17-6-4-3-5-7-17/h3-9,12-14,28H,2,10-11,15-16H2,1H3. The van der Waals surface area contributed by atoms with Crippen LogP contribution in [-0.4, -0.2) is 13.2 Å². The van der Waals surface area contributed by atoms with Gasteiger partial charge in [-0.25, -0.2) is 0 Å². The van der Waals surface area contributed by atoms with Crippen molar-refractivity contribution in [2.45, 2.75) is 26.5 Å². The molecule has 3 aromatic carbocycles. The van der Waals surface area contributed by atoms with Gasteiger partial charge in [-0.05, 0) is 76.8 Å². The molecule has 0 heterocycles. The Balaban J connectivity index is 1.61. The van der Waals surface area contributed by atoms with Crippen LogP contribution in [0, 0.1) is 0 Å². The van der Waals surface area contributed by atoms with Gasteiger partial charge in [-0.3, -0.25) is 0 Å². The summed E-state index contributed by atoms with van der Waals surface area (Å²) in [6, 6.07) is 19.8. The molecule has 3 nitrogen and oxygen atoms in total. The molecule has 3 rings (SSSR count). The van der Waals surface area contributed by atoms with Gasteiger partial charge in [0.05, 0.1) is 11.1 Å². The lowest BCUT2D eigenvalue weighted by molar-refractivity contribution is 0.267. The normalized spacial score (nSPS) is 10.8. The highest BCUT2D eigenvalue weighted by molar-refractivity contribution is 9.10. The molecule has 0 fully saturated rings. The van der Waals surface area contributed by atoms with Crippen molar-refractivity contribution >= 4 is 39.1 Å². The van der Waals surface area contributed by atoms with E-state index in [1.165, 1.54) is 0 Å². The molecule has 6 heteroatoms. The first-order valence-corrected chi connectivity index (χ1v) is 11.4. The van der Waals surface area contributed by atoms with Crippen LogP contribution in [0.3, 0.4) is 0 Å². The fourth-order valence-electron chi connectivity index (χ4n) is 3.04. The summed E-state index contributed by atoms with van der Waals surface area (Å²) in [6.07, 6.45) is 0.827. The molecular weight excluding hydrogens is 485 g/mol. The van der Waals surface area contributed by atoms with E-state index < -0.39 is 0 Å². The van der Waals surface area contributed by atoms with Gasteiger partial charge in [-0.1, -0.05) is 59.6 Å². The van der Waals surface area contributed by atoms with E-state index in [1.807, 2.05) is 55.5 Å². The molecule has 1 N–H and O–H groups in total. The predicted molar refractivity (Wildman–Crippen MR) is 128 cm³/mol. The number of ether oxygens (including phenoxy) is 2. The summed E-state index contributed by atoms with van der Waals surface area (Å²) in [5.74, 6) is 1.46. The molecule has 30 heavy (non-hydrogen) atoms. The maximum Gasteiger partial charge on any atom is 0.175 e. The lowest BCUT2D eigenvalue weighted by Gasteiger charge is -2.16. The summed E-state index contributed by atoms with van der Waals surface area (Å²) in [5.41, 5.74) is 3.30. The predicted octanol–water partition coefficient (Wildman–Crippen LogP) is 7.07. The molecule has 0 atom stereocenters. The lowest BCUT2D eigenvalue weighted by atomic mass is 10.1. The molecule has 0 unspecified atom stereocenters. The number of benzene rings is 3. The van der Waals surface area contributed by atoms with Gasteiger partial charge in [0.15, 0.2) is 11.5 Å². The first-order chi connectivity index (χ1) is 14.6. The van der Waals surface area contributed by atoms with Gasteiger partial charge in [-0.15, -0.1) is 0 Å². The number of halogens is 3. The van der Waals surface area contributed by atoms with Gasteiger partial charge in [0.2, 0.25) is 0 Å². The quantitative estimate of drug-likeness (QED) is 0.297. The van der Waals surface area contributed by atoms with Gasteiger partial charge in [0, 0.05) is 16.6 Å². The van der Waals surface area contributed by atoms with Crippen molar-refractivity contribution in [1.82, 2.24) is 5.32 Å². The molecular formula is C24H24BrCl2NO2. The van der Waals surface area contributed by atoms with Crippen LogP contribution in [0.5, 0.6) is 11.5 Å². The van der Waals surface area contributed by atoms with Crippen molar-refractivity contribution in [3.8, 4) is 11.5 Å². The Morgan fingerprint density at radius 1 is 0.933 bits per heavy atom. The Morgan fingerprint density at radius 3 is 2.47 bits per heavy atom. The van der Waals surface area contributed by atoms with Crippen LogP contribution in [0.25, 0.3) is 0 Å². The Kier molecular flexibility index (Phi) is 8.88. The van der Waals surface area contributed by atoms with E-state index in [1.54, 1.807) is 6.07 Å². The molecule has 0 aliphatic carbocycles. The third-order valence-electron chi connectivity index (χ3n) is 4.51. The van der Waals surface area contributed by atoms with E-state index in [-0.39, 0.29) is 0 Å².